The summed E-state index contributed by atoms with van der Waals surface area (Å²) < 4.78 is 0. The highest BCUT2D eigenvalue weighted by molar-refractivity contribution is 5.76. The Balaban J connectivity index is 2.96. The van der Waals surface area contributed by atoms with Crippen molar-refractivity contribution >= 4 is 11.5 Å². The van der Waals surface area contributed by atoms with E-state index in [4.69, 9.17) is 5.11 Å². The summed E-state index contributed by atoms with van der Waals surface area (Å²) in [6.45, 7) is 5.63. The van der Waals surface area contributed by atoms with Gasteiger partial charge in [0.05, 0.1) is 6.42 Å². The molecular weight excluding hydrogens is 212 g/mol. The molecule has 0 spiro atoms. The second-order valence-corrected chi connectivity index (χ2v) is 3.63. The quantitative estimate of drug-likeness (QED) is 0.783. The third-order valence-electron chi connectivity index (χ3n) is 2.29. The van der Waals surface area contributed by atoms with Crippen LogP contribution in [0.3, 0.4) is 0 Å². The maximum absolute atomic E-state index is 10.6. The zero-order chi connectivity index (χ0) is 12.7. The van der Waals surface area contributed by atoms with Crippen LogP contribution in [0.5, 0.6) is 0 Å². The third kappa shape index (κ3) is 4.11. The number of allylic oxidation sites excluding steroid dienone is 5. The summed E-state index contributed by atoms with van der Waals surface area (Å²) in [5.41, 5.74) is 2.92. The molecule has 1 N–H and O–H groups in total. The van der Waals surface area contributed by atoms with Gasteiger partial charge >= 0.3 is 5.97 Å². The summed E-state index contributed by atoms with van der Waals surface area (Å²) in [5.74, 6) is -0.812. The molecule has 88 valence electrons. The van der Waals surface area contributed by atoms with Gasteiger partial charge in [0.15, 0.2) is 0 Å². The molecule has 1 aromatic carbocycles. The first kappa shape index (κ1) is 13.0. The average Bonchev–Trinajstić information content (AvgIpc) is 2.29. The smallest absolute Gasteiger partial charge is 0.307 e. The van der Waals surface area contributed by atoms with E-state index in [0.29, 0.717) is 0 Å². The van der Waals surface area contributed by atoms with Crippen LogP contribution in [-0.4, -0.2) is 11.1 Å². The van der Waals surface area contributed by atoms with E-state index >= 15 is 0 Å². The number of carboxylic acids is 1. The summed E-state index contributed by atoms with van der Waals surface area (Å²) in [6.07, 6.45) is 7.67. The first-order valence-electron chi connectivity index (χ1n) is 5.44. The van der Waals surface area contributed by atoms with Crippen LogP contribution in [0.1, 0.15) is 18.1 Å². The van der Waals surface area contributed by atoms with Crippen LogP contribution in [0.15, 0.2) is 55.1 Å². The first-order valence-corrected chi connectivity index (χ1v) is 5.44. The molecule has 0 heterocycles. The summed E-state index contributed by atoms with van der Waals surface area (Å²) in [7, 11) is 0. The van der Waals surface area contributed by atoms with Gasteiger partial charge in [0, 0.05) is 0 Å². The fourth-order valence-corrected chi connectivity index (χ4v) is 1.54. The lowest BCUT2D eigenvalue weighted by Gasteiger charge is -2.03. The number of carboxylic acid groups (broad SMARTS) is 1. The van der Waals surface area contributed by atoms with Crippen molar-refractivity contribution in [3.8, 4) is 0 Å². The first-order chi connectivity index (χ1) is 8.17. The van der Waals surface area contributed by atoms with Crippen LogP contribution < -0.4 is 0 Å². The Bertz CT molecular complexity index is 450. The van der Waals surface area contributed by atoms with Gasteiger partial charge in [0.1, 0.15) is 0 Å². The van der Waals surface area contributed by atoms with Crippen LogP contribution in [0.25, 0.3) is 5.57 Å². The minimum absolute atomic E-state index is 0.0599. The zero-order valence-electron chi connectivity index (χ0n) is 9.89. The van der Waals surface area contributed by atoms with Crippen molar-refractivity contribution in [2.45, 2.75) is 13.3 Å². The van der Waals surface area contributed by atoms with Crippen molar-refractivity contribution in [3.63, 3.8) is 0 Å². The van der Waals surface area contributed by atoms with E-state index < -0.39 is 5.97 Å². The van der Waals surface area contributed by atoms with E-state index in [9.17, 15) is 4.79 Å². The number of hydrogen-bond donors (Lipinski definition) is 1. The van der Waals surface area contributed by atoms with E-state index in [0.717, 1.165) is 16.7 Å². The molecule has 2 heteroatoms. The lowest BCUT2D eigenvalue weighted by molar-refractivity contribution is -0.136. The van der Waals surface area contributed by atoms with Crippen LogP contribution in [-0.2, 0) is 11.2 Å². The molecule has 0 amide bonds. The molecule has 2 nitrogen and oxygen atoms in total. The van der Waals surface area contributed by atoms with E-state index in [1.165, 1.54) is 0 Å². The van der Waals surface area contributed by atoms with Crippen molar-refractivity contribution in [3.05, 3.63) is 66.3 Å². The predicted molar refractivity (Wildman–Crippen MR) is 70.8 cm³/mol. The second kappa shape index (κ2) is 6.48. The van der Waals surface area contributed by atoms with Gasteiger partial charge in [0.25, 0.3) is 0 Å². The maximum Gasteiger partial charge on any atom is 0.307 e. The van der Waals surface area contributed by atoms with Crippen molar-refractivity contribution in [2.24, 2.45) is 0 Å². The minimum Gasteiger partial charge on any atom is -0.481 e. The van der Waals surface area contributed by atoms with Crippen molar-refractivity contribution < 1.29 is 9.90 Å². The molecule has 0 fully saturated rings. The average molecular weight is 228 g/mol. The topological polar surface area (TPSA) is 37.3 Å². The molecule has 0 saturated carbocycles. The highest BCUT2D eigenvalue weighted by Crippen LogP contribution is 2.17. The van der Waals surface area contributed by atoms with E-state index in [2.05, 4.69) is 6.58 Å². The molecule has 0 unspecified atom stereocenters. The van der Waals surface area contributed by atoms with Gasteiger partial charge in [-0.1, -0.05) is 55.1 Å². The fourth-order valence-electron chi connectivity index (χ4n) is 1.54. The van der Waals surface area contributed by atoms with Gasteiger partial charge in [0.2, 0.25) is 0 Å². The summed E-state index contributed by atoms with van der Waals surface area (Å²) in [6, 6.07) is 7.52. The number of carbonyl (C=O) groups is 1. The van der Waals surface area contributed by atoms with E-state index in [1.807, 2.05) is 49.4 Å². The SMILES string of the molecule is C=C/C=C(\C=C/C)c1ccc(CC(=O)O)cc1. The molecule has 1 aromatic rings. The molecule has 0 saturated heterocycles. The largest absolute Gasteiger partial charge is 0.481 e. The minimum atomic E-state index is -0.812. The van der Waals surface area contributed by atoms with Gasteiger partial charge in [-0.2, -0.15) is 0 Å². The third-order valence-corrected chi connectivity index (χ3v) is 2.29. The zero-order valence-corrected chi connectivity index (χ0v) is 9.89. The van der Waals surface area contributed by atoms with Crippen LogP contribution in [0, 0.1) is 0 Å². The lowest BCUT2D eigenvalue weighted by Crippen LogP contribution is -1.99. The highest BCUT2D eigenvalue weighted by Gasteiger charge is 2.01. The molecule has 0 aliphatic heterocycles. The Kier molecular flexibility index (Phi) is 4.95. The summed E-state index contributed by atoms with van der Waals surface area (Å²) >= 11 is 0. The van der Waals surface area contributed by atoms with E-state index in [-0.39, 0.29) is 6.42 Å². The van der Waals surface area contributed by atoms with Gasteiger partial charge < -0.3 is 5.11 Å². The Morgan fingerprint density at radius 1 is 1.35 bits per heavy atom. The van der Waals surface area contributed by atoms with Gasteiger partial charge in [-0.25, -0.2) is 0 Å². The van der Waals surface area contributed by atoms with Gasteiger partial charge in [-0.05, 0) is 23.6 Å². The maximum atomic E-state index is 10.6. The molecule has 0 atom stereocenters. The Morgan fingerprint density at radius 2 is 2.00 bits per heavy atom. The number of benzene rings is 1. The molecule has 0 aliphatic carbocycles. The molecule has 0 radical (unpaired) electrons. The standard InChI is InChI=1S/C15H16O2/c1-3-5-13(6-4-2)14-9-7-12(8-10-14)11-15(16)17/h3-10H,1,11H2,2H3,(H,16,17)/b6-4-,13-5+. The summed E-state index contributed by atoms with van der Waals surface area (Å²) in [5, 5.41) is 8.68. The van der Waals surface area contributed by atoms with E-state index in [1.54, 1.807) is 6.08 Å². The van der Waals surface area contributed by atoms with Crippen molar-refractivity contribution in [1.29, 1.82) is 0 Å². The monoisotopic (exact) mass is 228 g/mol. The van der Waals surface area contributed by atoms with Crippen molar-refractivity contribution in [2.75, 3.05) is 0 Å². The number of aliphatic carboxylic acids is 1. The number of hydrogen-bond acceptors (Lipinski definition) is 1. The Morgan fingerprint density at radius 3 is 2.47 bits per heavy atom. The van der Waals surface area contributed by atoms with Crippen LogP contribution >= 0.6 is 0 Å². The lowest BCUT2D eigenvalue weighted by atomic mass is 10.0. The summed E-state index contributed by atoms with van der Waals surface area (Å²) in [4.78, 5) is 10.6. The van der Waals surface area contributed by atoms with Crippen LogP contribution in [0.4, 0.5) is 0 Å². The van der Waals surface area contributed by atoms with Crippen molar-refractivity contribution in [1.82, 2.24) is 0 Å². The Hall–Kier alpha value is -2.09. The normalized spacial score (nSPS) is 11.7. The molecular formula is C15H16O2. The molecule has 0 aliphatic rings. The van der Waals surface area contributed by atoms with Gasteiger partial charge in [-0.3, -0.25) is 4.79 Å². The molecule has 0 bridgehead atoms. The molecule has 1 rings (SSSR count). The number of rotatable bonds is 5. The Labute approximate surface area is 102 Å². The van der Waals surface area contributed by atoms with Gasteiger partial charge in [-0.15, -0.1) is 0 Å². The second-order valence-electron chi connectivity index (χ2n) is 3.63. The molecule has 0 aromatic heterocycles. The van der Waals surface area contributed by atoms with Crippen LogP contribution in [0.2, 0.25) is 0 Å². The fraction of sp³-hybridized carbons (Fsp3) is 0.133. The predicted octanol–water partition coefficient (Wildman–Crippen LogP) is 3.46. The highest BCUT2D eigenvalue weighted by atomic mass is 16.4. The molecule has 17 heavy (non-hydrogen) atoms.